The largest absolute Gasteiger partial charge is 0.506 e. The number of nitrogens with one attached hydrogen (secondary N) is 2. The summed E-state index contributed by atoms with van der Waals surface area (Å²) in [7, 11) is -3.56. The van der Waals surface area contributed by atoms with Crippen LogP contribution in [0.15, 0.2) is 78.2 Å². The van der Waals surface area contributed by atoms with Gasteiger partial charge in [-0.25, -0.2) is 8.42 Å². The van der Waals surface area contributed by atoms with Crippen LogP contribution in [0.4, 0.5) is 5.69 Å². The highest BCUT2D eigenvalue weighted by Gasteiger charge is 2.17. The van der Waals surface area contributed by atoms with Crippen LogP contribution in [0.1, 0.15) is 28.8 Å². The number of fused-ring (bicyclic) bond motifs is 1. The van der Waals surface area contributed by atoms with Crippen LogP contribution in [0.3, 0.4) is 0 Å². The molecule has 1 heterocycles. The molecule has 0 bridgehead atoms. The minimum atomic E-state index is -3.56. The lowest BCUT2D eigenvalue weighted by Crippen LogP contribution is -2.28. The van der Waals surface area contributed by atoms with E-state index in [4.69, 9.17) is 0 Å². The average molecular weight is 483 g/mol. The van der Waals surface area contributed by atoms with Gasteiger partial charge in [-0.15, -0.1) is 11.3 Å². The van der Waals surface area contributed by atoms with E-state index in [2.05, 4.69) is 51.8 Å². The third-order valence-corrected chi connectivity index (χ3v) is 6.91. The van der Waals surface area contributed by atoms with Gasteiger partial charge in [0, 0.05) is 17.3 Å². The minimum absolute atomic E-state index is 0.0305. The fourth-order valence-corrected chi connectivity index (χ4v) is 5.11. The second-order valence-corrected chi connectivity index (χ2v) is 10.7. The maximum atomic E-state index is 11.6. The third kappa shape index (κ3) is 6.11. The van der Waals surface area contributed by atoms with Crippen LogP contribution in [0.25, 0.3) is 10.1 Å². The Labute approximate surface area is 197 Å². The first-order valence-electron chi connectivity index (χ1n) is 10.5. The van der Waals surface area contributed by atoms with E-state index < -0.39 is 16.1 Å². The zero-order valence-corrected chi connectivity index (χ0v) is 19.7. The predicted molar refractivity (Wildman–Crippen MR) is 134 cm³/mol. The number of thiophene rings is 1. The summed E-state index contributed by atoms with van der Waals surface area (Å²) >= 11 is 1.70. The number of hydrogen-bond acceptors (Lipinski definition) is 6. The highest BCUT2D eigenvalue weighted by molar-refractivity contribution is 7.92. The number of phenolic OH excluding ortho intramolecular Hbond substituents is 1. The molecule has 0 aliphatic rings. The summed E-state index contributed by atoms with van der Waals surface area (Å²) in [5.74, 6) is -0.199. The Kier molecular flexibility index (Phi) is 6.99. The lowest BCUT2D eigenvalue weighted by molar-refractivity contribution is 0.169. The summed E-state index contributed by atoms with van der Waals surface area (Å²) in [4.78, 5) is 0. The fraction of sp³-hybridized carbons (Fsp3) is 0.200. The van der Waals surface area contributed by atoms with Crippen molar-refractivity contribution in [2.75, 3.05) is 17.5 Å². The molecule has 3 aromatic carbocycles. The molecular weight excluding hydrogens is 456 g/mol. The van der Waals surface area contributed by atoms with E-state index in [1.54, 1.807) is 17.4 Å². The van der Waals surface area contributed by atoms with E-state index in [1.165, 1.54) is 27.8 Å². The lowest BCUT2D eigenvalue weighted by Gasteiger charge is -2.22. The second kappa shape index (κ2) is 9.93. The first-order valence-corrected chi connectivity index (χ1v) is 13.3. The van der Waals surface area contributed by atoms with Crippen LogP contribution in [0.2, 0.25) is 0 Å². The third-order valence-electron chi connectivity index (χ3n) is 5.42. The molecule has 33 heavy (non-hydrogen) atoms. The number of anilines is 1. The summed E-state index contributed by atoms with van der Waals surface area (Å²) in [5, 5.41) is 27.5. The zero-order valence-electron chi connectivity index (χ0n) is 18.1. The number of aliphatic hydroxyl groups excluding tert-OH is 1. The van der Waals surface area contributed by atoms with Crippen molar-refractivity contribution in [3.63, 3.8) is 0 Å². The van der Waals surface area contributed by atoms with Crippen molar-refractivity contribution in [2.45, 2.75) is 18.6 Å². The number of aliphatic hydroxyl groups is 1. The summed E-state index contributed by atoms with van der Waals surface area (Å²) in [6, 6.07) is 23.1. The molecule has 0 aliphatic heterocycles. The predicted octanol–water partition coefficient (Wildman–Crippen LogP) is 4.59. The SMILES string of the molecule is CS(=O)(=O)Nc1cc(C(O)CNC(Cc2ccccc2)c2ccc3sccc3c2)ccc1O. The number of aromatic hydroxyl groups is 1. The van der Waals surface area contributed by atoms with E-state index >= 15 is 0 Å². The van der Waals surface area contributed by atoms with Crippen LogP contribution in [0, 0.1) is 0 Å². The smallest absolute Gasteiger partial charge is 0.229 e. The van der Waals surface area contributed by atoms with E-state index in [0.717, 1.165) is 18.2 Å². The Hall–Kier alpha value is -2.91. The van der Waals surface area contributed by atoms with Crippen LogP contribution in [-0.4, -0.2) is 31.4 Å². The molecule has 0 amide bonds. The van der Waals surface area contributed by atoms with Gasteiger partial charge in [0.25, 0.3) is 0 Å². The van der Waals surface area contributed by atoms with Crippen molar-refractivity contribution in [3.8, 4) is 5.75 Å². The molecule has 2 unspecified atom stereocenters. The first-order chi connectivity index (χ1) is 15.8. The molecule has 0 saturated heterocycles. The number of benzene rings is 3. The highest BCUT2D eigenvalue weighted by Crippen LogP contribution is 2.29. The first kappa shape index (κ1) is 23.3. The Morgan fingerprint density at radius 1 is 0.970 bits per heavy atom. The molecule has 6 nitrogen and oxygen atoms in total. The van der Waals surface area contributed by atoms with Gasteiger partial charge in [0.2, 0.25) is 10.0 Å². The van der Waals surface area contributed by atoms with Gasteiger partial charge in [0.15, 0.2) is 0 Å². The Balaban J connectivity index is 1.54. The van der Waals surface area contributed by atoms with Crippen molar-refractivity contribution in [3.05, 3.63) is 94.9 Å². The fourth-order valence-electron chi connectivity index (χ4n) is 3.77. The highest BCUT2D eigenvalue weighted by atomic mass is 32.2. The second-order valence-electron chi connectivity index (χ2n) is 8.04. The quantitative estimate of drug-likeness (QED) is 0.262. The van der Waals surface area contributed by atoms with Crippen LogP contribution in [0.5, 0.6) is 5.75 Å². The molecule has 0 radical (unpaired) electrons. The van der Waals surface area contributed by atoms with Crippen LogP contribution < -0.4 is 10.0 Å². The number of hydrogen-bond donors (Lipinski definition) is 4. The number of sulfonamides is 1. The molecule has 1 aromatic heterocycles. The molecule has 0 aliphatic carbocycles. The normalized spacial score (nSPS) is 13.6. The molecule has 4 N–H and O–H groups in total. The van der Waals surface area contributed by atoms with Crippen molar-refractivity contribution in [2.24, 2.45) is 0 Å². The van der Waals surface area contributed by atoms with E-state index in [0.29, 0.717) is 5.56 Å². The summed E-state index contributed by atoms with van der Waals surface area (Å²) in [6.07, 6.45) is 0.865. The molecular formula is C25H26N2O4S2. The van der Waals surface area contributed by atoms with Gasteiger partial charge < -0.3 is 15.5 Å². The minimum Gasteiger partial charge on any atom is -0.506 e. The number of rotatable bonds is 9. The maximum Gasteiger partial charge on any atom is 0.229 e. The average Bonchev–Trinajstić information content (AvgIpc) is 3.25. The zero-order chi connectivity index (χ0) is 23.4. The molecule has 172 valence electrons. The lowest BCUT2D eigenvalue weighted by atomic mass is 9.97. The maximum absolute atomic E-state index is 11.6. The molecule has 4 aromatic rings. The van der Waals surface area contributed by atoms with Gasteiger partial charge in [-0.1, -0.05) is 42.5 Å². The van der Waals surface area contributed by atoms with E-state index in [9.17, 15) is 18.6 Å². The van der Waals surface area contributed by atoms with Gasteiger partial charge >= 0.3 is 0 Å². The Morgan fingerprint density at radius 3 is 2.48 bits per heavy atom. The monoisotopic (exact) mass is 482 g/mol. The topological polar surface area (TPSA) is 98.7 Å². The summed E-state index contributed by atoms with van der Waals surface area (Å²) in [5.41, 5.74) is 2.84. The molecule has 4 rings (SSSR count). The van der Waals surface area contributed by atoms with Crippen molar-refractivity contribution in [1.29, 1.82) is 0 Å². The molecule has 0 fully saturated rings. The molecule has 0 saturated carbocycles. The van der Waals surface area contributed by atoms with Gasteiger partial charge in [-0.2, -0.15) is 0 Å². The Morgan fingerprint density at radius 2 is 1.73 bits per heavy atom. The molecule has 8 heteroatoms. The summed E-state index contributed by atoms with van der Waals surface area (Å²) in [6.45, 7) is 0.252. The van der Waals surface area contributed by atoms with Gasteiger partial charge in [0.1, 0.15) is 5.75 Å². The van der Waals surface area contributed by atoms with E-state index in [-0.39, 0.29) is 24.0 Å². The van der Waals surface area contributed by atoms with E-state index in [1.807, 2.05) is 18.2 Å². The van der Waals surface area contributed by atoms with Crippen molar-refractivity contribution >= 4 is 37.1 Å². The number of phenols is 1. The Bertz CT molecular complexity index is 1340. The van der Waals surface area contributed by atoms with Gasteiger partial charge in [0.05, 0.1) is 18.0 Å². The molecule has 0 spiro atoms. The van der Waals surface area contributed by atoms with Gasteiger partial charge in [-0.3, -0.25) is 4.72 Å². The summed E-state index contributed by atoms with van der Waals surface area (Å²) < 4.78 is 26.6. The van der Waals surface area contributed by atoms with Crippen molar-refractivity contribution < 1.29 is 18.6 Å². The standard InChI is InChI=1S/C25H26N2O4S2/c1-33(30,31)27-22-15-19(7-9-23(22)28)24(29)16-26-21(13-17-5-3-2-4-6-17)18-8-10-25-20(14-18)11-12-32-25/h2-12,14-15,21,24,26-29H,13,16H2,1H3. The molecule has 2 atom stereocenters. The van der Waals surface area contributed by atoms with Gasteiger partial charge in [-0.05, 0) is 64.2 Å². The van der Waals surface area contributed by atoms with Crippen LogP contribution in [-0.2, 0) is 16.4 Å². The van der Waals surface area contributed by atoms with Crippen LogP contribution >= 0.6 is 11.3 Å². The van der Waals surface area contributed by atoms with Crippen molar-refractivity contribution in [1.82, 2.24) is 5.32 Å².